The Morgan fingerprint density at radius 3 is 2.50 bits per heavy atom. The first-order chi connectivity index (χ1) is 13.9. The van der Waals surface area contributed by atoms with Gasteiger partial charge in [0, 0.05) is 23.9 Å². The lowest BCUT2D eigenvalue weighted by Gasteiger charge is -2.29. The van der Waals surface area contributed by atoms with Gasteiger partial charge in [-0.05, 0) is 51.4 Å². The number of cyclic esters (lactones) is 1. The summed E-state index contributed by atoms with van der Waals surface area (Å²) >= 11 is 0. The van der Waals surface area contributed by atoms with E-state index >= 15 is 0 Å². The molecule has 0 aliphatic carbocycles. The first-order valence-electron chi connectivity index (χ1n) is 9.38. The number of hydrogen-bond donors (Lipinski definition) is 3. The quantitative estimate of drug-likeness (QED) is 0.624. The average molecular weight is 431 g/mol. The lowest BCUT2D eigenvalue weighted by Crippen LogP contribution is -2.39. The highest BCUT2D eigenvalue weighted by atomic mass is 19.4. The topological polar surface area (TPSA) is 118 Å². The van der Waals surface area contributed by atoms with Crippen molar-refractivity contribution in [3.05, 3.63) is 29.1 Å². The molecule has 166 valence electrons. The molecule has 1 amide bonds. The van der Waals surface area contributed by atoms with Crippen LogP contribution in [-0.2, 0) is 14.3 Å². The Morgan fingerprint density at radius 1 is 1.33 bits per heavy atom. The van der Waals surface area contributed by atoms with E-state index in [0.717, 1.165) is 37.2 Å². The van der Waals surface area contributed by atoms with E-state index in [9.17, 15) is 22.8 Å². The van der Waals surface area contributed by atoms with Gasteiger partial charge in [-0.2, -0.15) is 13.2 Å². The van der Waals surface area contributed by atoms with Crippen molar-refractivity contribution in [3.63, 3.8) is 0 Å². The van der Waals surface area contributed by atoms with Crippen LogP contribution in [0.25, 0.3) is 0 Å². The molecule has 2 saturated heterocycles. The van der Waals surface area contributed by atoms with Crippen LogP contribution in [0, 0.1) is 19.3 Å². The third-order valence-corrected chi connectivity index (χ3v) is 5.10. The van der Waals surface area contributed by atoms with Gasteiger partial charge in [0.2, 0.25) is 0 Å². The van der Waals surface area contributed by atoms with Crippen LogP contribution in [-0.4, -0.2) is 59.9 Å². The molecule has 2 aliphatic rings. The highest BCUT2D eigenvalue weighted by Crippen LogP contribution is 2.41. The smallest absolute Gasteiger partial charge is 0.475 e. The van der Waals surface area contributed by atoms with Gasteiger partial charge in [-0.3, -0.25) is 14.6 Å². The number of esters is 1. The number of hydrogen-bond acceptors (Lipinski definition) is 6. The molecule has 0 saturated carbocycles. The summed E-state index contributed by atoms with van der Waals surface area (Å²) in [6, 6.07) is 1.78. The summed E-state index contributed by atoms with van der Waals surface area (Å²) in [4.78, 5) is 37.6. The molecular formula is C19H24F3N3O5. The predicted molar refractivity (Wildman–Crippen MR) is 98.8 cm³/mol. The normalized spacial score (nSPS) is 20.2. The van der Waals surface area contributed by atoms with Crippen LogP contribution in [0.4, 0.5) is 13.2 Å². The number of carbonyl (C=O) groups excluding carboxylic acids is 2. The van der Waals surface area contributed by atoms with E-state index in [-0.39, 0.29) is 23.4 Å². The number of carboxylic acids is 1. The van der Waals surface area contributed by atoms with Gasteiger partial charge in [0.05, 0.1) is 12.0 Å². The van der Waals surface area contributed by atoms with Crippen LogP contribution >= 0.6 is 0 Å². The fourth-order valence-electron chi connectivity index (χ4n) is 3.44. The molecule has 3 N–H and O–H groups in total. The van der Waals surface area contributed by atoms with Crippen LogP contribution < -0.4 is 10.6 Å². The molecule has 1 unspecified atom stereocenters. The summed E-state index contributed by atoms with van der Waals surface area (Å²) in [5.74, 6) is -3.00. The van der Waals surface area contributed by atoms with Gasteiger partial charge in [0.25, 0.3) is 5.91 Å². The molecule has 1 aromatic heterocycles. The minimum atomic E-state index is -5.08. The van der Waals surface area contributed by atoms with Crippen molar-refractivity contribution in [2.24, 2.45) is 5.41 Å². The minimum absolute atomic E-state index is 0.103. The fourth-order valence-corrected chi connectivity index (χ4v) is 3.44. The molecule has 11 heteroatoms. The largest absolute Gasteiger partial charge is 0.490 e. The number of rotatable bonds is 3. The predicted octanol–water partition coefficient (Wildman–Crippen LogP) is 1.75. The maximum Gasteiger partial charge on any atom is 0.490 e. The van der Waals surface area contributed by atoms with Crippen molar-refractivity contribution >= 4 is 17.8 Å². The lowest BCUT2D eigenvalue weighted by atomic mass is 9.76. The molecular weight excluding hydrogens is 407 g/mol. The number of aromatic nitrogens is 1. The number of ether oxygens (including phenoxy) is 1. The van der Waals surface area contributed by atoms with Gasteiger partial charge in [0.15, 0.2) is 0 Å². The molecule has 30 heavy (non-hydrogen) atoms. The highest BCUT2D eigenvalue weighted by molar-refractivity contribution is 5.95. The van der Waals surface area contributed by atoms with E-state index in [4.69, 9.17) is 14.6 Å². The second-order valence-electron chi connectivity index (χ2n) is 7.42. The second-order valence-corrected chi connectivity index (χ2v) is 7.42. The maximum absolute atomic E-state index is 12.3. The molecule has 0 radical (unpaired) electrons. The lowest BCUT2D eigenvalue weighted by molar-refractivity contribution is -0.192. The van der Waals surface area contributed by atoms with Crippen molar-refractivity contribution in [2.75, 3.05) is 19.6 Å². The zero-order valence-corrected chi connectivity index (χ0v) is 16.6. The number of aliphatic carboxylic acids is 1. The summed E-state index contributed by atoms with van der Waals surface area (Å²) in [7, 11) is 0. The fraction of sp³-hybridized carbons (Fsp3) is 0.579. The molecule has 2 aliphatic heterocycles. The molecule has 1 spiro atoms. The number of nitrogens with one attached hydrogen (secondary N) is 2. The summed E-state index contributed by atoms with van der Waals surface area (Å²) in [5, 5.41) is 13.3. The van der Waals surface area contributed by atoms with Crippen molar-refractivity contribution in [3.8, 4) is 0 Å². The third kappa shape index (κ3) is 5.91. The van der Waals surface area contributed by atoms with E-state index in [1.807, 2.05) is 13.8 Å². The Balaban J connectivity index is 0.000000396. The van der Waals surface area contributed by atoms with Gasteiger partial charge in [0.1, 0.15) is 6.10 Å². The van der Waals surface area contributed by atoms with Crippen LogP contribution in [0.3, 0.4) is 0 Å². The average Bonchev–Trinajstić information content (AvgIpc) is 2.97. The molecule has 8 nitrogen and oxygen atoms in total. The molecule has 0 bridgehead atoms. The van der Waals surface area contributed by atoms with Gasteiger partial charge in [-0.1, -0.05) is 0 Å². The Bertz CT molecular complexity index is 807. The number of amides is 1. The molecule has 0 aromatic carbocycles. The number of aryl methyl sites for hydroxylation is 2. The Kier molecular flexibility index (Phi) is 7.40. The molecule has 3 heterocycles. The minimum Gasteiger partial charge on any atom is -0.475 e. The van der Waals surface area contributed by atoms with Crippen molar-refractivity contribution in [2.45, 2.75) is 45.4 Å². The van der Waals surface area contributed by atoms with E-state index in [1.54, 1.807) is 12.3 Å². The van der Waals surface area contributed by atoms with Crippen LogP contribution in [0.1, 0.15) is 40.9 Å². The number of piperidine rings is 1. The van der Waals surface area contributed by atoms with E-state index in [1.165, 1.54) is 0 Å². The Hall–Kier alpha value is -2.69. The van der Waals surface area contributed by atoms with Crippen molar-refractivity contribution in [1.82, 2.24) is 15.6 Å². The Morgan fingerprint density at radius 2 is 1.93 bits per heavy atom. The van der Waals surface area contributed by atoms with E-state index in [2.05, 4.69) is 15.6 Å². The number of carboxylic acid groups (broad SMARTS) is 1. The molecule has 1 atom stereocenters. The SMILES string of the molecule is Cc1cc(C(=O)NCC2CC3(CCNCC3)C(=O)O2)c(C)cn1.O=C(O)C(F)(F)F. The number of halogens is 3. The van der Waals surface area contributed by atoms with Crippen molar-refractivity contribution in [1.29, 1.82) is 0 Å². The zero-order valence-electron chi connectivity index (χ0n) is 16.6. The van der Waals surface area contributed by atoms with E-state index < -0.39 is 12.1 Å². The van der Waals surface area contributed by atoms with Crippen LogP contribution in [0.5, 0.6) is 0 Å². The number of pyridine rings is 1. The Labute approximate surface area is 171 Å². The summed E-state index contributed by atoms with van der Waals surface area (Å²) < 4.78 is 37.2. The molecule has 3 rings (SSSR count). The van der Waals surface area contributed by atoms with Crippen LogP contribution in [0.2, 0.25) is 0 Å². The summed E-state index contributed by atoms with van der Waals surface area (Å²) in [6.07, 6.45) is -1.28. The first kappa shape index (κ1) is 23.6. The van der Waals surface area contributed by atoms with Gasteiger partial charge in [-0.15, -0.1) is 0 Å². The number of alkyl halides is 3. The number of carbonyl (C=O) groups is 3. The third-order valence-electron chi connectivity index (χ3n) is 5.10. The monoisotopic (exact) mass is 431 g/mol. The number of nitrogens with zero attached hydrogens (tertiary/aromatic N) is 1. The summed E-state index contributed by atoms with van der Waals surface area (Å²) in [6.45, 7) is 5.78. The molecule has 1 aromatic rings. The van der Waals surface area contributed by atoms with Crippen molar-refractivity contribution < 1.29 is 37.4 Å². The zero-order chi connectivity index (χ0) is 22.5. The van der Waals surface area contributed by atoms with Gasteiger partial charge < -0.3 is 20.5 Å². The highest BCUT2D eigenvalue weighted by Gasteiger charge is 2.49. The standard InChI is InChI=1S/C17H23N3O3.C2HF3O2/c1-11-9-19-12(2)7-14(11)15(21)20-10-13-8-17(16(22)23-13)3-5-18-6-4-17;3-2(4,5)1(6)7/h7,9,13,18H,3-6,8,10H2,1-2H3,(H,20,21);(H,6,7). The van der Waals surface area contributed by atoms with E-state index in [0.29, 0.717) is 18.5 Å². The van der Waals surface area contributed by atoms with Gasteiger partial charge >= 0.3 is 18.1 Å². The summed E-state index contributed by atoms with van der Waals surface area (Å²) in [5.41, 5.74) is 1.93. The molecule has 2 fully saturated rings. The second kappa shape index (κ2) is 9.41. The van der Waals surface area contributed by atoms with Gasteiger partial charge in [-0.25, -0.2) is 4.79 Å². The maximum atomic E-state index is 12.3. The van der Waals surface area contributed by atoms with Crippen LogP contribution in [0.15, 0.2) is 12.3 Å². The first-order valence-corrected chi connectivity index (χ1v) is 9.38.